The molecular weight excluding hydrogens is 368 g/mol. The van der Waals surface area contributed by atoms with Crippen LogP contribution in [0.4, 0.5) is 0 Å². The summed E-state index contributed by atoms with van der Waals surface area (Å²) in [6.07, 6.45) is 3.76. The maximum Gasteiger partial charge on any atom is 0.375 e. The number of nitrogens with zero attached hydrogens (tertiary/aromatic N) is 4. The molecule has 3 heterocycles. The number of benzene rings is 2. The summed E-state index contributed by atoms with van der Waals surface area (Å²) in [4.78, 5) is 0. The molecule has 152 valence electrons. The Bertz CT molecular complexity index is 1640. The highest BCUT2D eigenvalue weighted by atomic mass is 15.3. The van der Waals surface area contributed by atoms with E-state index in [1.54, 1.807) is 4.57 Å². The van der Waals surface area contributed by atoms with Gasteiger partial charge in [0.1, 0.15) is 11.9 Å². The van der Waals surface area contributed by atoms with Crippen LogP contribution in [0.15, 0.2) is 48.8 Å². The molecule has 0 aliphatic rings. The maximum absolute atomic E-state index is 8.48. The molecule has 0 aliphatic carbocycles. The molecule has 0 atom stereocenters. The highest BCUT2D eigenvalue weighted by Gasteiger charge is 2.29. The summed E-state index contributed by atoms with van der Waals surface area (Å²) in [6.45, 7) is 0.784. The summed E-state index contributed by atoms with van der Waals surface area (Å²) in [6, 6.07) is 11.7. The fraction of sp³-hybridized carbons (Fsp3) is 0.269. The molecule has 4 nitrogen and oxygen atoms in total. The molecule has 4 heteroatoms. The van der Waals surface area contributed by atoms with Gasteiger partial charge in [-0.3, -0.25) is 0 Å². The van der Waals surface area contributed by atoms with Gasteiger partial charge in [-0.1, -0.05) is 35.9 Å². The number of aryl methyl sites for hydroxylation is 6. The Morgan fingerprint density at radius 1 is 1.00 bits per heavy atom. The van der Waals surface area contributed by atoms with E-state index in [1.165, 1.54) is 0 Å². The molecule has 0 bridgehead atoms. The molecule has 0 spiro atoms. The molecule has 0 saturated carbocycles. The van der Waals surface area contributed by atoms with Crippen LogP contribution >= 0.6 is 0 Å². The van der Waals surface area contributed by atoms with Crippen LogP contribution in [0.2, 0.25) is 0 Å². The Morgan fingerprint density at radius 3 is 2.43 bits per heavy atom. The molecule has 0 unspecified atom stereocenters. The highest BCUT2D eigenvalue weighted by molar-refractivity contribution is 6.09. The van der Waals surface area contributed by atoms with Crippen molar-refractivity contribution in [2.24, 2.45) is 14.1 Å². The Hall–Kier alpha value is -3.27. The summed E-state index contributed by atoms with van der Waals surface area (Å²) in [5, 5.41) is 1.16. The fourth-order valence-corrected chi connectivity index (χ4v) is 4.88. The number of rotatable bonds is 2. The lowest BCUT2D eigenvalue weighted by molar-refractivity contribution is -0.664. The van der Waals surface area contributed by atoms with E-state index >= 15 is 0 Å². The molecule has 3 aromatic heterocycles. The molecule has 0 radical (unpaired) electrons. The first-order valence-corrected chi connectivity index (χ1v) is 10.0. The summed E-state index contributed by atoms with van der Waals surface area (Å²) in [5.74, 6) is 0.544. The van der Waals surface area contributed by atoms with Crippen LogP contribution in [0.25, 0.3) is 33.6 Å². The van der Waals surface area contributed by atoms with E-state index in [4.69, 9.17) is 8.22 Å². The molecular formula is C26H29N4+. The molecule has 30 heavy (non-hydrogen) atoms. The number of aromatic nitrogens is 4. The molecule has 5 rings (SSSR count). The van der Waals surface area contributed by atoms with E-state index in [9.17, 15) is 0 Å². The van der Waals surface area contributed by atoms with E-state index in [0.29, 0.717) is 22.4 Å². The van der Waals surface area contributed by atoms with Gasteiger partial charge in [0.05, 0.1) is 24.5 Å². The second kappa shape index (κ2) is 6.36. The molecule has 0 saturated heterocycles. The minimum absolute atomic E-state index is 0.126. The second-order valence-corrected chi connectivity index (χ2v) is 8.16. The molecule has 0 N–H and O–H groups in total. The normalized spacial score (nSPS) is 15.6. The van der Waals surface area contributed by atoms with Gasteiger partial charge in [-0.05, 0) is 57.2 Å². The van der Waals surface area contributed by atoms with Crippen molar-refractivity contribution in [2.75, 3.05) is 0 Å². The zero-order valence-corrected chi connectivity index (χ0v) is 17.9. The van der Waals surface area contributed by atoms with E-state index in [0.717, 1.165) is 27.9 Å². The lowest BCUT2D eigenvalue weighted by Crippen LogP contribution is -2.33. The summed E-state index contributed by atoms with van der Waals surface area (Å²) in [5.41, 5.74) is 5.20. The van der Waals surface area contributed by atoms with Crippen molar-refractivity contribution < 1.29 is 12.8 Å². The van der Waals surface area contributed by atoms with Crippen LogP contribution in [0, 0.1) is 34.5 Å². The van der Waals surface area contributed by atoms with Crippen LogP contribution in [0.1, 0.15) is 36.2 Å². The Labute approximate surface area is 186 Å². The predicted octanol–water partition coefficient (Wildman–Crippen LogP) is 5.28. The Kier molecular flexibility index (Phi) is 2.78. The number of hydrogen-bond donors (Lipinski definition) is 0. The van der Waals surface area contributed by atoms with Gasteiger partial charge in [0.25, 0.3) is 0 Å². The SMILES string of the molecule is [2H]C([2H])([2H])c1c(C([2H])([2H])[2H])n(-c2n(-c3c(C)cc(C)cc3C)cc[n+]2C)c2c1c1ccccc1n2C. The van der Waals surface area contributed by atoms with Crippen LogP contribution < -0.4 is 4.57 Å². The van der Waals surface area contributed by atoms with Gasteiger partial charge in [0, 0.05) is 26.0 Å². The molecule has 5 aromatic rings. The van der Waals surface area contributed by atoms with Crippen LogP contribution in [-0.4, -0.2) is 13.7 Å². The third kappa shape index (κ3) is 2.37. The Balaban J connectivity index is 2.05. The van der Waals surface area contributed by atoms with Gasteiger partial charge in [0.15, 0.2) is 5.65 Å². The van der Waals surface area contributed by atoms with Crippen molar-refractivity contribution in [3.8, 4) is 11.6 Å². The lowest BCUT2D eigenvalue weighted by atomic mass is 10.1. The maximum atomic E-state index is 8.48. The van der Waals surface area contributed by atoms with Gasteiger partial charge in [-0.15, -0.1) is 0 Å². The highest BCUT2D eigenvalue weighted by Crippen LogP contribution is 2.36. The minimum atomic E-state index is -2.68. The van der Waals surface area contributed by atoms with Crippen molar-refractivity contribution >= 4 is 21.9 Å². The van der Waals surface area contributed by atoms with Gasteiger partial charge in [0.2, 0.25) is 0 Å². The summed E-state index contributed by atoms with van der Waals surface area (Å²) >= 11 is 0. The number of hydrogen-bond acceptors (Lipinski definition) is 0. The third-order valence-corrected chi connectivity index (χ3v) is 6.04. The van der Waals surface area contributed by atoms with Gasteiger partial charge < -0.3 is 4.57 Å². The summed E-state index contributed by atoms with van der Waals surface area (Å²) < 4.78 is 58.0. The van der Waals surface area contributed by atoms with Crippen LogP contribution in [0.3, 0.4) is 0 Å². The smallest absolute Gasteiger partial charge is 0.317 e. The Morgan fingerprint density at radius 2 is 1.73 bits per heavy atom. The van der Waals surface area contributed by atoms with Gasteiger partial charge in [-0.2, -0.15) is 4.57 Å². The molecule has 0 aliphatic heterocycles. The first kappa shape index (κ1) is 13.1. The molecule has 2 aromatic carbocycles. The van der Waals surface area contributed by atoms with Crippen LogP contribution in [-0.2, 0) is 14.1 Å². The average molecular weight is 404 g/mol. The first-order chi connectivity index (χ1) is 16.7. The largest absolute Gasteiger partial charge is 0.375 e. The first-order valence-electron chi connectivity index (χ1n) is 13.0. The number of imidazole rings is 1. The standard InChI is InChI=1S/C26H29N4/c1-16-14-17(2)24(18(3)15-16)29-13-12-27(6)26(29)30-20(5)19(4)23-21-10-8-9-11-22(21)28(7)25(23)30/h8-15H,1-7H3/q+1/i4D3,5D3. The lowest BCUT2D eigenvalue weighted by Gasteiger charge is -2.12. The van der Waals surface area contributed by atoms with E-state index in [-0.39, 0.29) is 11.3 Å². The van der Waals surface area contributed by atoms with E-state index in [2.05, 4.69) is 12.1 Å². The number of para-hydroxylation sites is 1. The topological polar surface area (TPSA) is 18.7 Å². The van der Waals surface area contributed by atoms with Crippen molar-refractivity contribution in [3.63, 3.8) is 0 Å². The van der Waals surface area contributed by atoms with Crippen molar-refractivity contribution in [2.45, 2.75) is 34.5 Å². The quantitative estimate of drug-likeness (QED) is 0.357. The monoisotopic (exact) mass is 403 g/mol. The van der Waals surface area contributed by atoms with Crippen molar-refractivity contribution in [1.29, 1.82) is 0 Å². The third-order valence-electron chi connectivity index (χ3n) is 6.04. The summed E-state index contributed by atoms with van der Waals surface area (Å²) in [7, 11) is 3.70. The van der Waals surface area contributed by atoms with Gasteiger partial charge >= 0.3 is 5.95 Å². The fourth-order valence-electron chi connectivity index (χ4n) is 4.88. The van der Waals surface area contributed by atoms with Gasteiger partial charge in [-0.25, -0.2) is 9.13 Å². The molecule has 0 fully saturated rings. The average Bonchev–Trinajstić information content (AvgIpc) is 3.38. The van der Waals surface area contributed by atoms with E-state index < -0.39 is 13.7 Å². The zero-order valence-electron chi connectivity index (χ0n) is 23.9. The van der Waals surface area contributed by atoms with Crippen molar-refractivity contribution in [1.82, 2.24) is 13.7 Å². The van der Waals surface area contributed by atoms with Crippen LogP contribution in [0.5, 0.6) is 0 Å². The number of fused-ring (bicyclic) bond motifs is 3. The van der Waals surface area contributed by atoms with Crippen molar-refractivity contribution in [3.05, 3.63) is 76.7 Å². The zero-order chi connectivity index (χ0) is 26.3. The molecule has 0 amide bonds. The minimum Gasteiger partial charge on any atom is -0.317 e. The predicted molar refractivity (Wildman–Crippen MR) is 124 cm³/mol. The second-order valence-electron chi connectivity index (χ2n) is 8.16. The van der Waals surface area contributed by atoms with E-state index in [1.807, 2.05) is 85.2 Å².